The maximum Gasteiger partial charge on any atom is 0.161 e. The summed E-state index contributed by atoms with van der Waals surface area (Å²) >= 11 is 0. The van der Waals surface area contributed by atoms with E-state index in [0.29, 0.717) is 13.2 Å². The predicted octanol–water partition coefficient (Wildman–Crippen LogP) is 3.54. The molecule has 1 aromatic carbocycles. The second-order valence-corrected chi connectivity index (χ2v) is 4.80. The molecule has 1 heterocycles. The van der Waals surface area contributed by atoms with Crippen LogP contribution in [0.5, 0.6) is 11.5 Å². The van der Waals surface area contributed by atoms with Gasteiger partial charge in [-0.1, -0.05) is 31.2 Å². The summed E-state index contributed by atoms with van der Waals surface area (Å²) in [6.07, 6.45) is 5.75. The van der Waals surface area contributed by atoms with Crippen molar-refractivity contribution in [3.05, 3.63) is 36.9 Å². The van der Waals surface area contributed by atoms with Gasteiger partial charge in [-0.15, -0.1) is 12.4 Å². The molecule has 2 rings (SSSR count). The van der Waals surface area contributed by atoms with E-state index in [2.05, 4.69) is 11.5 Å². The molecule has 1 aliphatic heterocycles. The highest BCUT2D eigenvalue weighted by atomic mass is 35.5. The molecule has 1 aliphatic rings. The molecule has 20 heavy (non-hydrogen) atoms. The van der Waals surface area contributed by atoms with Crippen LogP contribution in [0.2, 0.25) is 0 Å². The highest BCUT2D eigenvalue weighted by Gasteiger charge is 2.10. The SMILES string of the molecule is C=CCOc1ccccc1OCCN1CCCCC1.Cl. The number of rotatable bonds is 7. The van der Waals surface area contributed by atoms with Crippen molar-refractivity contribution in [2.75, 3.05) is 32.8 Å². The van der Waals surface area contributed by atoms with Crippen molar-refractivity contribution in [3.63, 3.8) is 0 Å². The number of benzene rings is 1. The second kappa shape index (κ2) is 9.67. The molecule has 4 heteroatoms. The lowest BCUT2D eigenvalue weighted by Gasteiger charge is -2.26. The molecule has 1 fully saturated rings. The zero-order valence-electron chi connectivity index (χ0n) is 11.9. The minimum absolute atomic E-state index is 0. The monoisotopic (exact) mass is 297 g/mol. The Morgan fingerprint density at radius 2 is 1.70 bits per heavy atom. The number of nitrogens with zero attached hydrogens (tertiary/aromatic N) is 1. The number of halogens is 1. The van der Waals surface area contributed by atoms with Crippen LogP contribution in [0, 0.1) is 0 Å². The first-order chi connectivity index (χ1) is 9.40. The Morgan fingerprint density at radius 1 is 1.05 bits per heavy atom. The van der Waals surface area contributed by atoms with Crippen molar-refractivity contribution in [1.29, 1.82) is 0 Å². The average Bonchev–Trinajstić information content (AvgIpc) is 2.47. The van der Waals surface area contributed by atoms with Gasteiger partial charge < -0.3 is 9.47 Å². The molecule has 0 N–H and O–H groups in total. The maximum atomic E-state index is 5.84. The van der Waals surface area contributed by atoms with Crippen molar-refractivity contribution in [3.8, 4) is 11.5 Å². The summed E-state index contributed by atoms with van der Waals surface area (Å²) in [4.78, 5) is 2.47. The van der Waals surface area contributed by atoms with Crippen LogP contribution < -0.4 is 9.47 Å². The van der Waals surface area contributed by atoms with E-state index in [1.54, 1.807) is 6.08 Å². The number of hydrogen-bond acceptors (Lipinski definition) is 3. The number of hydrogen-bond donors (Lipinski definition) is 0. The molecule has 0 atom stereocenters. The third-order valence-corrected chi connectivity index (χ3v) is 3.32. The maximum absolute atomic E-state index is 5.84. The van der Waals surface area contributed by atoms with Gasteiger partial charge in [0.25, 0.3) is 0 Å². The van der Waals surface area contributed by atoms with Crippen LogP contribution in [-0.4, -0.2) is 37.7 Å². The van der Waals surface area contributed by atoms with E-state index < -0.39 is 0 Å². The Balaban J connectivity index is 0.00000200. The van der Waals surface area contributed by atoms with E-state index in [0.717, 1.165) is 18.0 Å². The van der Waals surface area contributed by atoms with Gasteiger partial charge in [0.2, 0.25) is 0 Å². The summed E-state index contributed by atoms with van der Waals surface area (Å²) in [5, 5.41) is 0. The summed E-state index contributed by atoms with van der Waals surface area (Å²) in [6.45, 7) is 8.29. The first-order valence-electron chi connectivity index (χ1n) is 7.08. The first-order valence-corrected chi connectivity index (χ1v) is 7.08. The molecule has 1 aromatic rings. The van der Waals surface area contributed by atoms with Gasteiger partial charge in [-0.3, -0.25) is 4.90 Å². The highest BCUT2D eigenvalue weighted by molar-refractivity contribution is 5.85. The number of piperidine rings is 1. The molecule has 0 amide bonds. The molecule has 0 unspecified atom stereocenters. The quantitative estimate of drug-likeness (QED) is 0.719. The second-order valence-electron chi connectivity index (χ2n) is 4.80. The summed E-state index contributed by atoms with van der Waals surface area (Å²) in [5.74, 6) is 1.61. The summed E-state index contributed by atoms with van der Waals surface area (Å²) < 4.78 is 11.4. The first kappa shape index (κ1) is 16.9. The van der Waals surface area contributed by atoms with Crippen LogP contribution in [0.25, 0.3) is 0 Å². The largest absolute Gasteiger partial charge is 0.488 e. The molecule has 0 spiro atoms. The fourth-order valence-corrected chi connectivity index (χ4v) is 2.31. The number of para-hydroxylation sites is 2. The molecule has 112 valence electrons. The standard InChI is InChI=1S/C16H23NO2.ClH/c1-2-13-18-15-8-4-5-9-16(15)19-14-12-17-10-6-3-7-11-17;/h2,4-5,8-9H,1,3,6-7,10-14H2;1H. The van der Waals surface area contributed by atoms with Gasteiger partial charge in [0.1, 0.15) is 13.2 Å². The molecule has 3 nitrogen and oxygen atoms in total. The lowest BCUT2D eigenvalue weighted by molar-refractivity contribution is 0.180. The third kappa shape index (κ3) is 5.43. The van der Waals surface area contributed by atoms with Crippen molar-refractivity contribution in [1.82, 2.24) is 4.90 Å². The van der Waals surface area contributed by atoms with E-state index in [9.17, 15) is 0 Å². The lowest BCUT2D eigenvalue weighted by Crippen LogP contribution is -2.33. The van der Waals surface area contributed by atoms with E-state index in [1.807, 2.05) is 24.3 Å². The summed E-state index contributed by atoms with van der Waals surface area (Å²) in [5.41, 5.74) is 0. The summed E-state index contributed by atoms with van der Waals surface area (Å²) in [7, 11) is 0. The minimum atomic E-state index is 0. The lowest BCUT2D eigenvalue weighted by atomic mass is 10.1. The van der Waals surface area contributed by atoms with Crippen LogP contribution in [0.15, 0.2) is 36.9 Å². The molecule has 0 saturated carbocycles. The van der Waals surface area contributed by atoms with Gasteiger partial charge in [0.05, 0.1) is 0 Å². The Morgan fingerprint density at radius 3 is 2.35 bits per heavy atom. The molecular formula is C16H24ClNO2. The van der Waals surface area contributed by atoms with Crippen LogP contribution in [0.1, 0.15) is 19.3 Å². The minimum Gasteiger partial charge on any atom is -0.488 e. The van der Waals surface area contributed by atoms with E-state index in [-0.39, 0.29) is 12.4 Å². The molecule has 0 bridgehead atoms. The topological polar surface area (TPSA) is 21.7 Å². The van der Waals surface area contributed by atoms with E-state index >= 15 is 0 Å². The van der Waals surface area contributed by atoms with Crippen molar-refractivity contribution in [2.24, 2.45) is 0 Å². The van der Waals surface area contributed by atoms with Gasteiger partial charge >= 0.3 is 0 Å². The smallest absolute Gasteiger partial charge is 0.161 e. The number of likely N-dealkylation sites (tertiary alicyclic amines) is 1. The van der Waals surface area contributed by atoms with E-state index in [4.69, 9.17) is 9.47 Å². The van der Waals surface area contributed by atoms with Gasteiger partial charge in [0.15, 0.2) is 11.5 Å². The molecule has 0 radical (unpaired) electrons. The molecule has 1 saturated heterocycles. The van der Waals surface area contributed by atoms with Crippen LogP contribution in [0.4, 0.5) is 0 Å². The van der Waals surface area contributed by atoms with Crippen molar-refractivity contribution in [2.45, 2.75) is 19.3 Å². The van der Waals surface area contributed by atoms with Crippen molar-refractivity contribution >= 4 is 12.4 Å². The molecule has 0 aromatic heterocycles. The van der Waals surface area contributed by atoms with Crippen LogP contribution in [0.3, 0.4) is 0 Å². The highest BCUT2D eigenvalue weighted by Crippen LogP contribution is 2.26. The van der Waals surface area contributed by atoms with E-state index in [1.165, 1.54) is 32.4 Å². The Labute approximate surface area is 128 Å². The fourth-order valence-electron chi connectivity index (χ4n) is 2.31. The zero-order chi connectivity index (χ0) is 13.3. The number of ether oxygens (including phenoxy) is 2. The Bertz CT molecular complexity index is 392. The summed E-state index contributed by atoms with van der Waals surface area (Å²) in [6, 6.07) is 7.81. The third-order valence-electron chi connectivity index (χ3n) is 3.32. The van der Waals surface area contributed by atoms with Crippen LogP contribution in [-0.2, 0) is 0 Å². The van der Waals surface area contributed by atoms with Crippen LogP contribution >= 0.6 is 12.4 Å². The predicted molar refractivity (Wildman–Crippen MR) is 85.2 cm³/mol. The van der Waals surface area contributed by atoms with Gasteiger partial charge in [-0.25, -0.2) is 0 Å². The molecular weight excluding hydrogens is 274 g/mol. The zero-order valence-corrected chi connectivity index (χ0v) is 12.7. The fraction of sp³-hybridized carbons (Fsp3) is 0.500. The normalized spacial score (nSPS) is 15.2. The Kier molecular flexibility index (Phi) is 8.16. The average molecular weight is 298 g/mol. The van der Waals surface area contributed by atoms with Gasteiger partial charge in [-0.05, 0) is 38.1 Å². The van der Waals surface area contributed by atoms with Crippen molar-refractivity contribution < 1.29 is 9.47 Å². The van der Waals surface area contributed by atoms with Gasteiger partial charge in [-0.2, -0.15) is 0 Å². The Hall–Kier alpha value is -1.19. The molecule has 0 aliphatic carbocycles. The van der Waals surface area contributed by atoms with Gasteiger partial charge in [0, 0.05) is 6.54 Å².